The van der Waals surface area contributed by atoms with E-state index < -0.39 is 5.91 Å². The number of imide groups is 1. The van der Waals surface area contributed by atoms with Gasteiger partial charge in [0, 0.05) is 23.0 Å². The highest BCUT2D eigenvalue weighted by atomic mass is 35.5. The van der Waals surface area contributed by atoms with Gasteiger partial charge >= 0.3 is 0 Å². The Balaban J connectivity index is 1.41. The zero-order valence-corrected chi connectivity index (χ0v) is 19.6. The summed E-state index contributed by atoms with van der Waals surface area (Å²) in [6.07, 6.45) is 4.78. The summed E-state index contributed by atoms with van der Waals surface area (Å²) >= 11 is 6.23. The van der Waals surface area contributed by atoms with E-state index in [2.05, 4.69) is 24.5 Å². The molecule has 2 aliphatic rings. The van der Waals surface area contributed by atoms with Crippen molar-refractivity contribution in [2.45, 2.75) is 57.9 Å². The molecule has 33 heavy (non-hydrogen) atoms. The summed E-state index contributed by atoms with van der Waals surface area (Å²) in [5.74, 6) is -0.624. The standard InChI is InChI=1S/C26H28ClN3O3/c1-16(2)17-8-12-20(13-9-17)29-24(31)18-10-14-19(15-11-18)28-23-22(27)25(32)30(26(23)33)21-6-4-3-5-7-21/h8-16,21,28H,3-7H2,1-2H3,(H,29,31). The van der Waals surface area contributed by atoms with Crippen LogP contribution in [0.3, 0.4) is 0 Å². The Morgan fingerprint density at radius 1 is 0.909 bits per heavy atom. The smallest absolute Gasteiger partial charge is 0.279 e. The number of hydrogen-bond acceptors (Lipinski definition) is 4. The molecule has 2 aromatic carbocycles. The monoisotopic (exact) mass is 465 g/mol. The maximum Gasteiger partial charge on any atom is 0.279 e. The second kappa shape index (κ2) is 9.79. The number of anilines is 2. The number of benzene rings is 2. The third kappa shape index (κ3) is 4.96. The van der Waals surface area contributed by atoms with Crippen molar-refractivity contribution < 1.29 is 14.4 Å². The third-order valence-corrected chi connectivity index (χ3v) is 6.60. The Bertz CT molecular complexity index is 1080. The van der Waals surface area contributed by atoms with Crippen molar-refractivity contribution >= 4 is 40.7 Å². The highest BCUT2D eigenvalue weighted by molar-refractivity contribution is 6.48. The number of nitrogens with one attached hydrogen (secondary N) is 2. The second-order valence-corrected chi connectivity index (χ2v) is 9.27. The summed E-state index contributed by atoms with van der Waals surface area (Å²) in [6, 6.07) is 14.4. The number of halogens is 1. The second-order valence-electron chi connectivity index (χ2n) is 8.89. The summed E-state index contributed by atoms with van der Waals surface area (Å²) in [5, 5.41) is 5.77. The van der Waals surface area contributed by atoms with Gasteiger partial charge in [0.25, 0.3) is 17.7 Å². The fourth-order valence-electron chi connectivity index (χ4n) is 4.30. The first-order valence-corrected chi connectivity index (χ1v) is 11.8. The average molecular weight is 466 g/mol. The van der Waals surface area contributed by atoms with Crippen molar-refractivity contribution in [2.24, 2.45) is 0 Å². The topological polar surface area (TPSA) is 78.5 Å². The van der Waals surface area contributed by atoms with Crippen molar-refractivity contribution in [3.05, 3.63) is 70.4 Å². The molecule has 0 spiro atoms. The van der Waals surface area contributed by atoms with Gasteiger partial charge in [0.2, 0.25) is 0 Å². The molecule has 7 heteroatoms. The van der Waals surface area contributed by atoms with Gasteiger partial charge in [0.15, 0.2) is 0 Å². The number of rotatable bonds is 6. The fourth-order valence-corrected chi connectivity index (χ4v) is 4.52. The number of carbonyl (C=O) groups is 3. The van der Waals surface area contributed by atoms with Crippen LogP contribution in [0.15, 0.2) is 59.3 Å². The predicted octanol–water partition coefficient (Wildman–Crippen LogP) is 5.63. The lowest BCUT2D eigenvalue weighted by atomic mass is 9.94. The molecule has 4 rings (SSSR count). The van der Waals surface area contributed by atoms with Gasteiger partial charge < -0.3 is 10.6 Å². The molecule has 6 nitrogen and oxygen atoms in total. The molecule has 1 saturated carbocycles. The third-order valence-electron chi connectivity index (χ3n) is 6.25. The SMILES string of the molecule is CC(C)c1ccc(NC(=O)c2ccc(NC3=C(Cl)C(=O)N(C4CCCCC4)C3=O)cc2)cc1. The molecule has 0 aromatic heterocycles. The van der Waals surface area contributed by atoms with Crippen LogP contribution in [0, 0.1) is 0 Å². The van der Waals surface area contributed by atoms with Crippen LogP contribution < -0.4 is 10.6 Å². The van der Waals surface area contributed by atoms with Gasteiger partial charge in [-0.1, -0.05) is 56.8 Å². The summed E-state index contributed by atoms with van der Waals surface area (Å²) in [7, 11) is 0. The molecule has 0 radical (unpaired) electrons. The zero-order chi connectivity index (χ0) is 23.5. The largest absolute Gasteiger partial charge is 0.350 e. The molecule has 1 aliphatic carbocycles. The lowest BCUT2D eigenvalue weighted by Gasteiger charge is -2.29. The Morgan fingerprint density at radius 3 is 2.12 bits per heavy atom. The summed E-state index contributed by atoms with van der Waals surface area (Å²) < 4.78 is 0. The van der Waals surface area contributed by atoms with Gasteiger partial charge in [0.05, 0.1) is 0 Å². The van der Waals surface area contributed by atoms with E-state index in [1.165, 1.54) is 10.5 Å². The van der Waals surface area contributed by atoms with E-state index in [1.54, 1.807) is 24.3 Å². The quantitative estimate of drug-likeness (QED) is 0.542. The molecular formula is C26H28ClN3O3. The molecule has 1 fully saturated rings. The number of hydrogen-bond donors (Lipinski definition) is 2. The van der Waals surface area contributed by atoms with E-state index in [1.807, 2.05) is 24.3 Å². The van der Waals surface area contributed by atoms with Gasteiger partial charge in [-0.2, -0.15) is 0 Å². The van der Waals surface area contributed by atoms with Crippen LogP contribution in [0.5, 0.6) is 0 Å². The lowest BCUT2D eigenvalue weighted by molar-refractivity contribution is -0.140. The van der Waals surface area contributed by atoms with Crippen LogP contribution in [0.25, 0.3) is 0 Å². The minimum Gasteiger partial charge on any atom is -0.350 e. The number of carbonyl (C=O) groups excluding carboxylic acids is 3. The van der Waals surface area contributed by atoms with Crippen molar-refractivity contribution in [3.8, 4) is 0 Å². The maximum atomic E-state index is 12.9. The van der Waals surface area contributed by atoms with Crippen LogP contribution in [-0.4, -0.2) is 28.7 Å². The molecular weight excluding hydrogens is 438 g/mol. The Kier molecular flexibility index (Phi) is 6.84. The highest BCUT2D eigenvalue weighted by Crippen LogP contribution is 2.32. The Hall–Kier alpha value is -3.12. The number of amides is 3. The molecule has 0 saturated heterocycles. The molecule has 172 valence electrons. The maximum absolute atomic E-state index is 12.9. The molecule has 0 unspecified atom stereocenters. The van der Waals surface area contributed by atoms with Crippen molar-refractivity contribution in [3.63, 3.8) is 0 Å². The van der Waals surface area contributed by atoms with Gasteiger partial charge in [-0.3, -0.25) is 19.3 Å². The minimum atomic E-state index is -0.435. The minimum absolute atomic E-state index is 0.0859. The molecule has 2 aromatic rings. The summed E-state index contributed by atoms with van der Waals surface area (Å²) in [6.45, 7) is 4.24. The predicted molar refractivity (Wildman–Crippen MR) is 130 cm³/mol. The molecule has 1 aliphatic heterocycles. The summed E-state index contributed by atoms with van der Waals surface area (Å²) in [4.78, 5) is 39.4. The van der Waals surface area contributed by atoms with Gasteiger partial charge in [-0.05, 0) is 60.7 Å². The first-order chi connectivity index (χ1) is 15.8. The lowest BCUT2D eigenvalue weighted by Crippen LogP contribution is -2.42. The van der Waals surface area contributed by atoms with Crippen molar-refractivity contribution in [2.75, 3.05) is 10.6 Å². The Labute approximate surface area is 199 Å². The molecule has 0 bridgehead atoms. The van der Waals surface area contributed by atoms with E-state index in [0.29, 0.717) is 17.2 Å². The average Bonchev–Trinajstić information content (AvgIpc) is 3.03. The van der Waals surface area contributed by atoms with Crippen LogP contribution >= 0.6 is 11.6 Å². The molecule has 3 amide bonds. The highest BCUT2D eigenvalue weighted by Gasteiger charge is 2.42. The van der Waals surface area contributed by atoms with E-state index in [0.717, 1.165) is 37.8 Å². The van der Waals surface area contributed by atoms with Crippen LogP contribution in [0.1, 0.15) is 67.8 Å². The first-order valence-electron chi connectivity index (χ1n) is 11.4. The number of nitrogens with zero attached hydrogens (tertiary/aromatic N) is 1. The van der Waals surface area contributed by atoms with Crippen LogP contribution in [0.2, 0.25) is 0 Å². The molecule has 1 heterocycles. The molecule has 2 N–H and O–H groups in total. The van der Waals surface area contributed by atoms with E-state index in [9.17, 15) is 14.4 Å². The van der Waals surface area contributed by atoms with E-state index in [-0.39, 0.29) is 28.6 Å². The van der Waals surface area contributed by atoms with Gasteiger partial charge in [0.1, 0.15) is 10.7 Å². The first kappa shape index (κ1) is 23.1. The fraction of sp³-hybridized carbons (Fsp3) is 0.346. The van der Waals surface area contributed by atoms with Gasteiger partial charge in [-0.15, -0.1) is 0 Å². The summed E-state index contributed by atoms with van der Waals surface area (Å²) in [5.41, 5.74) is 3.08. The van der Waals surface area contributed by atoms with Crippen molar-refractivity contribution in [1.29, 1.82) is 0 Å². The molecule has 0 atom stereocenters. The van der Waals surface area contributed by atoms with Gasteiger partial charge in [-0.25, -0.2) is 0 Å². The normalized spacial score (nSPS) is 17.2. The Morgan fingerprint density at radius 2 is 1.52 bits per heavy atom. The zero-order valence-electron chi connectivity index (χ0n) is 18.9. The van der Waals surface area contributed by atoms with E-state index >= 15 is 0 Å². The van der Waals surface area contributed by atoms with Crippen LogP contribution in [-0.2, 0) is 9.59 Å². The van der Waals surface area contributed by atoms with Crippen molar-refractivity contribution in [1.82, 2.24) is 4.90 Å². The van der Waals surface area contributed by atoms with E-state index in [4.69, 9.17) is 11.6 Å². The van der Waals surface area contributed by atoms with Crippen LogP contribution in [0.4, 0.5) is 11.4 Å².